The topological polar surface area (TPSA) is 44.8 Å². The molecular weight excluding hydrogens is 349 g/mol. The fraction of sp³-hybridized carbons (Fsp3) is 0.211. The molecule has 0 saturated heterocycles. The fourth-order valence-electron chi connectivity index (χ4n) is 2.31. The SMILES string of the molecule is COc1cc(C=CC(=O)c2cccc(C(F)(F)F)c2)cc(OC)c1OC. The summed E-state index contributed by atoms with van der Waals surface area (Å²) >= 11 is 0. The maximum atomic E-state index is 12.8. The average Bonchev–Trinajstić information content (AvgIpc) is 2.64. The van der Waals surface area contributed by atoms with Gasteiger partial charge in [0.15, 0.2) is 17.3 Å². The van der Waals surface area contributed by atoms with Gasteiger partial charge in [-0.15, -0.1) is 0 Å². The number of methoxy groups -OCH3 is 3. The van der Waals surface area contributed by atoms with Crippen LogP contribution in [-0.2, 0) is 6.18 Å². The maximum Gasteiger partial charge on any atom is 0.416 e. The molecule has 2 rings (SSSR count). The highest BCUT2D eigenvalue weighted by molar-refractivity contribution is 6.07. The molecule has 26 heavy (non-hydrogen) atoms. The van der Waals surface area contributed by atoms with Crippen molar-refractivity contribution in [2.45, 2.75) is 6.18 Å². The van der Waals surface area contributed by atoms with Gasteiger partial charge in [0.1, 0.15) is 0 Å². The highest BCUT2D eigenvalue weighted by Gasteiger charge is 2.30. The van der Waals surface area contributed by atoms with Crippen LogP contribution < -0.4 is 14.2 Å². The number of ketones is 1. The van der Waals surface area contributed by atoms with E-state index in [1.165, 1.54) is 45.6 Å². The molecule has 0 aromatic heterocycles. The maximum absolute atomic E-state index is 12.8. The third-order valence-electron chi connectivity index (χ3n) is 3.59. The number of ether oxygens (including phenoxy) is 3. The zero-order chi connectivity index (χ0) is 19.3. The quantitative estimate of drug-likeness (QED) is 0.552. The van der Waals surface area contributed by atoms with E-state index < -0.39 is 17.5 Å². The van der Waals surface area contributed by atoms with Gasteiger partial charge in [0, 0.05) is 5.56 Å². The molecule has 0 N–H and O–H groups in total. The molecule has 0 aliphatic heterocycles. The molecular formula is C19H17F3O4. The first-order chi connectivity index (χ1) is 12.3. The van der Waals surface area contributed by atoms with E-state index in [-0.39, 0.29) is 5.56 Å². The van der Waals surface area contributed by atoms with Crippen LogP contribution in [0.4, 0.5) is 13.2 Å². The monoisotopic (exact) mass is 366 g/mol. The Morgan fingerprint density at radius 3 is 2.08 bits per heavy atom. The lowest BCUT2D eigenvalue weighted by Gasteiger charge is -2.12. The molecule has 0 spiro atoms. The van der Waals surface area contributed by atoms with E-state index in [0.29, 0.717) is 22.8 Å². The Bertz CT molecular complexity index is 801. The fourth-order valence-corrected chi connectivity index (χ4v) is 2.31. The van der Waals surface area contributed by atoms with Gasteiger partial charge in [-0.25, -0.2) is 0 Å². The second-order valence-electron chi connectivity index (χ2n) is 5.23. The van der Waals surface area contributed by atoms with Crippen molar-refractivity contribution in [2.75, 3.05) is 21.3 Å². The third-order valence-corrected chi connectivity index (χ3v) is 3.59. The molecule has 0 aliphatic rings. The number of rotatable bonds is 6. The van der Waals surface area contributed by atoms with E-state index in [9.17, 15) is 18.0 Å². The first kappa shape index (κ1) is 19.4. The van der Waals surface area contributed by atoms with Crippen LogP contribution in [0.2, 0.25) is 0 Å². The van der Waals surface area contributed by atoms with Gasteiger partial charge in [0.25, 0.3) is 0 Å². The minimum atomic E-state index is -4.50. The Labute approximate surface area is 148 Å². The van der Waals surface area contributed by atoms with Gasteiger partial charge >= 0.3 is 6.18 Å². The third kappa shape index (κ3) is 4.36. The van der Waals surface area contributed by atoms with Crippen LogP contribution in [0.1, 0.15) is 21.5 Å². The number of hydrogen-bond acceptors (Lipinski definition) is 4. The van der Waals surface area contributed by atoms with Crippen LogP contribution in [0.3, 0.4) is 0 Å². The average molecular weight is 366 g/mol. The van der Waals surface area contributed by atoms with Crippen molar-refractivity contribution < 1.29 is 32.2 Å². The Morgan fingerprint density at radius 2 is 1.58 bits per heavy atom. The minimum absolute atomic E-state index is 0.0523. The Kier molecular flexibility index (Phi) is 5.92. The van der Waals surface area contributed by atoms with E-state index in [1.54, 1.807) is 12.1 Å². The summed E-state index contributed by atoms with van der Waals surface area (Å²) in [5.41, 5.74) is -0.354. The van der Waals surface area contributed by atoms with Crippen LogP contribution in [0.5, 0.6) is 17.2 Å². The van der Waals surface area contributed by atoms with Gasteiger partial charge in [-0.3, -0.25) is 4.79 Å². The van der Waals surface area contributed by atoms with Crippen molar-refractivity contribution >= 4 is 11.9 Å². The Balaban J connectivity index is 2.31. The molecule has 2 aromatic rings. The molecule has 0 unspecified atom stereocenters. The number of carbonyl (C=O) groups excluding carboxylic acids is 1. The zero-order valence-electron chi connectivity index (χ0n) is 14.4. The lowest BCUT2D eigenvalue weighted by molar-refractivity contribution is -0.137. The van der Waals surface area contributed by atoms with Crippen LogP contribution >= 0.6 is 0 Å². The van der Waals surface area contributed by atoms with E-state index in [0.717, 1.165) is 12.1 Å². The predicted molar refractivity (Wildman–Crippen MR) is 90.9 cm³/mol. The van der Waals surface area contributed by atoms with Crippen LogP contribution in [0, 0.1) is 0 Å². The second-order valence-corrected chi connectivity index (χ2v) is 5.23. The largest absolute Gasteiger partial charge is 0.493 e. The predicted octanol–water partition coefficient (Wildman–Crippen LogP) is 4.63. The molecule has 2 aromatic carbocycles. The van der Waals surface area contributed by atoms with Gasteiger partial charge in [-0.2, -0.15) is 13.2 Å². The zero-order valence-corrected chi connectivity index (χ0v) is 14.4. The molecule has 4 nitrogen and oxygen atoms in total. The van der Waals surface area contributed by atoms with Gasteiger partial charge in [0.2, 0.25) is 5.75 Å². The Morgan fingerprint density at radius 1 is 0.962 bits per heavy atom. The summed E-state index contributed by atoms with van der Waals surface area (Å²) in [7, 11) is 4.38. The van der Waals surface area contributed by atoms with Gasteiger partial charge in [0.05, 0.1) is 26.9 Å². The molecule has 0 saturated carbocycles. The van der Waals surface area contributed by atoms with Crippen molar-refractivity contribution in [1.82, 2.24) is 0 Å². The summed E-state index contributed by atoms with van der Waals surface area (Å²) in [6, 6.07) is 7.51. The molecule has 0 bridgehead atoms. The van der Waals surface area contributed by atoms with Crippen molar-refractivity contribution in [3.63, 3.8) is 0 Å². The van der Waals surface area contributed by atoms with Crippen molar-refractivity contribution in [2.24, 2.45) is 0 Å². The molecule has 138 valence electrons. The summed E-state index contributed by atoms with van der Waals surface area (Å²) < 4.78 is 53.9. The van der Waals surface area contributed by atoms with Crippen molar-refractivity contribution in [3.8, 4) is 17.2 Å². The summed E-state index contributed by atoms with van der Waals surface area (Å²) in [5, 5.41) is 0. The number of alkyl halides is 3. The van der Waals surface area contributed by atoms with Gasteiger partial charge in [-0.05, 0) is 35.9 Å². The molecule has 0 heterocycles. The number of carbonyl (C=O) groups is 1. The summed E-state index contributed by atoms with van der Waals surface area (Å²) in [6.07, 6.45) is -1.85. The normalized spacial score (nSPS) is 11.5. The van der Waals surface area contributed by atoms with Gasteiger partial charge in [-0.1, -0.05) is 18.2 Å². The van der Waals surface area contributed by atoms with E-state index in [2.05, 4.69) is 0 Å². The van der Waals surface area contributed by atoms with E-state index in [1.807, 2.05) is 0 Å². The summed E-state index contributed by atoms with van der Waals surface area (Å²) in [4.78, 5) is 12.2. The summed E-state index contributed by atoms with van der Waals surface area (Å²) in [6.45, 7) is 0. The molecule has 7 heteroatoms. The molecule has 0 aliphatic carbocycles. The van der Waals surface area contributed by atoms with Crippen LogP contribution in [0.25, 0.3) is 6.08 Å². The van der Waals surface area contributed by atoms with E-state index >= 15 is 0 Å². The van der Waals surface area contributed by atoms with Crippen molar-refractivity contribution in [3.05, 3.63) is 59.2 Å². The van der Waals surface area contributed by atoms with Crippen LogP contribution in [0.15, 0.2) is 42.5 Å². The second kappa shape index (κ2) is 7.95. The van der Waals surface area contributed by atoms with Gasteiger partial charge < -0.3 is 14.2 Å². The molecule has 0 atom stereocenters. The van der Waals surface area contributed by atoms with E-state index in [4.69, 9.17) is 14.2 Å². The van der Waals surface area contributed by atoms with Crippen molar-refractivity contribution in [1.29, 1.82) is 0 Å². The lowest BCUT2D eigenvalue weighted by Crippen LogP contribution is -2.06. The molecule has 0 radical (unpaired) electrons. The number of benzene rings is 2. The van der Waals surface area contributed by atoms with Crippen LogP contribution in [-0.4, -0.2) is 27.1 Å². The molecule has 0 fully saturated rings. The smallest absolute Gasteiger partial charge is 0.416 e. The number of hydrogen-bond donors (Lipinski definition) is 0. The highest BCUT2D eigenvalue weighted by Crippen LogP contribution is 2.38. The minimum Gasteiger partial charge on any atom is -0.493 e. The first-order valence-electron chi connectivity index (χ1n) is 7.49. The first-order valence-corrected chi connectivity index (χ1v) is 7.49. The summed E-state index contributed by atoms with van der Waals surface area (Å²) in [5.74, 6) is 0.650. The number of halogens is 3. The number of allylic oxidation sites excluding steroid dienone is 1. The standard InChI is InChI=1S/C19H17F3O4/c1-24-16-9-12(10-17(25-2)18(16)26-3)7-8-15(23)13-5-4-6-14(11-13)19(20,21)22/h4-11H,1-3H3. The lowest BCUT2D eigenvalue weighted by atomic mass is 10.1. The highest BCUT2D eigenvalue weighted by atomic mass is 19.4. The molecule has 0 amide bonds. The Hall–Kier alpha value is -2.96.